The highest BCUT2D eigenvalue weighted by Gasteiger charge is 1.96. The van der Waals surface area contributed by atoms with E-state index in [1.807, 2.05) is 24.3 Å². The van der Waals surface area contributed by atoms with E-state index in [4.69, 9.17) is 24.4 Å². The summed E-state index contributed by atoms with van der Waals surface area (Å²) in [6, 6.07) is 7.30. The van der Waals surface area contributed by atoms with Crippen molar-refractivity contribution >= 4 is 0 Å². The van der Waals surface area contributed by atoms with Crippen LogP contribution in [-0.4, -0.2) is 62.9 Å². The number of hydrogen-bond acceptors (Lipinski definition) is 6. The lowest BCUT2D eigenvalue weighted by molar-refractivity contribution is 0.109. The van der Waals surface area contributed by atoms with Crippen molar-refractivity contribution in [2.45, 2.75) is 12.8 Å². The molecular weight excluding hydrogens is 286 g/mol. The van der Waals surface area contributed by atoms with Gasteiger partial charge in [-0.3, -0.25) is 0 Å². The number of aliphatic hydroxyl groups excluding tert-OH is 2. The zero-order valence-electron chi connectivity index (χ0n) is 13.0. The van der Waals surface area contributed by atoms with Crippen LogP contribution in [0.5, 0.6) is 11.5 Å². The number of morpholine rings is 1. The molecule has 0 atom stereocenters. The zero-order valence-corrected chi connectivity index (χ0v) is 13.0. The molecule has 0 amide bonds. The van der Waals surface area contributed by atoms with Gasteiger partial charge in [0.1, 0.15) is 11.5 Å². The van der Waals surface area contributed by atoms with Crippen molar-refractivity contribution in [3.05, 3.63) is 24.3 Å². The van der Waals surface area contributed by atoms with E-state index in [-0.39, 0.29) is 13.2 Å². The van der Waals surface area contributed by atoms with Gasteiger partial charge in [-0.25, -0.2) is 0 Å². The third-order valence-corrected chi connectivity index (χ3v) is 2.81. The summed E-state index contributed by atoms with van der Waals surface area (Å²) in [5, 5.41) is 20.3. The minimum atomic E-state index is 0.141. The Morgan fingerprint density at radius 3 is 1.59 bits per heavy atom. The van der Waals surface area contributed by atoms with E-state index in [0.717, 1.165) is 37.8 Å². The van der Waals surface area contributed by atoms with Crippen LogP contribution in [0.2, 0.25) is 0 Å². The summed E-state index contributed by atoms with van der Waals surface area (Å²) in [6.07, 6.45) is 1.27. The molecule has 0 aliphatic carbocycles. The zero-order chi connectivity index (χ0) is 15.9. The molecule has 1 saturated heterocycles. The Bertz CT molecular complexity index is 314. The van der Waals surface area contributed by atoms with Crippen LogP contribution in [0.3, 0.4) is 0 Å². The lowest BCUT2D eigenvalue weighted by Gasteiger charge is -2.10. The van der Waals surface area contributed by atoms with Gasteiger partial charge in [-0.1, -0.05) is 0 Å². The second-order valence-corrected chi connectivity index (χ2v) is 4.69. The number of hydrogen-bond donors (Lipinski definition) is 3. The van der Waals surface area contributed by atoms with Crippen molar-refractivity contribution in [3.8, 4) is 11.5 Å². The lowest BCUT2D eigenvalue weighted by Crippen LogP contribution is -2.30. The highest BCUT2D eigenvalue weighted by Crippen LogP contribution is 2.17. The van der Waals surface area contributed by atoms with Crippen molar-refractivity contribution in [2.24, 2.45) is 0 Å². The molecule has 0 bridgehead atoms. The standard InChI is InChI=1S/C12H18O4.C4H9NO/c13-7-1-9-15-11-3-5-12(6-4-11)16-10-2-8-14;1-3-6-4-2-5-1/h3-6,13-14H,1-2,7-10H2;5H,1-4H2. The maximum Gasteiger partial charge on any atom is 0.119 e. The molecule has 2 rings (SSSR count). The topological polar surface area (TPSA) is 80.2 Å². The second kappa shape index (κ2) is 13.3. The van der Waals surface area contributed by atoms with Crippen LogP contribution < -0.4 is 14.8 Å². The van der Waals surface area contributed by atoms with Crippen molar-refractivity contribution in [3.63, 3.8) is 0 Å². The van der Waals surface area contributed by atoms with E-state index in [0.29, 0.717) is 26.1 Å². The van der Waals surface area contributed by atoms with Gasteiger partial charge in [0.2, 0.25) is 0 Å². The van der Waals surface area contributed by atoms with Gasteiger partial charge in [0.15, 0.2) is 0 Å². The fourth-order valence-electron chi connectivity index (χ4n) is 1.66. The van der Waals surface area contributed by atoms with E-state index in [2.05, 4.69) is 5.32 Å². The van der Waals surface area contributed by atoms with Crippen molar-refractivity contribution in [1.29, 1.82) is 0 Å². The van der Waals surface area contributed by atoms with Crippen LogP contribution in [-0.2, 0) is 4.74 Å². The number of ether oxygens (including phenoxy) is 3. The Balaban J connectivity index is 0.000000335. The predicted octanol–water partition coefficient (Wildman–Crippen LogP) is 0.815. The van der Waals surface area contributed by atoms with Gasteiger partial charge in [-0.2, -0.15) is 0 Å². The van der Waals surface area contributed by atoms with Crippen LogP contribution in [0.1, 0.15) is 12.8 Å². The van der Waals surface area contributed by atoms with E-state index >= 15 is 0 Å². The number of rotatable bonds is 8. The third kappa shape index (κ3) is 9.57. The molecule has 0 unspecified atom stereocenters. The number of benzene rings is 1. The largest absolute Gasteiger partial charge is 0.494 e. The molecule has 126 valence electrons. The lowest BCUT2D eigenvalue weighted by atomic mass is 10.3. The molecule has 6 heteroatoms. The van der Waals surface area contributed by atoms with Crippen molar-refractivity contribution in [1.82, 2.24) is 5.32 Å². The number of aliphatic hydroxyl groups is 2. The summed E-state index contributed by atoms with van der Waals surface area (Å²) in [5.74, 6) is 1.53. The Hall–Kier alpha value is -1.34. The highest BCUT2D eigenvalue weighted by molar-refractivity contribution is 5.31. The van der Waals surface area contributed by atoms with Gasteiger partial charge in [-0.15, -0.1) is 0 Å². The Morgan fingerprint density at radius 1 is 0.864 bits per heavy atom. The van der Waals surface area contributed by atoms with Gasteiger partial charge < -0.3 is 29.7 Å². The van der Waals surface area contributed by atoms with Gasteiger partial charge >= 0.3 is 0 Å². The van der Waals surface area contributed by atoms with Crippen LogP contribution in [0, 0.1) is 0 Å². The maximum atomic E-state index is 8.59. The summed E-state index contributed by atoms with van der Waals surface area (Å²) in [4.78, 5) is 0. The summed E-state index contributed by atoms with van der Waals surface area (Å²) >= 11 is 0. The summed E-state index contributed by atoms with van der Waals surface area (Å²) in [5.41, 5.74) is 0. The van der Waals surface area contributed by atoms with E-state index in [1.165, 1.54) is 0 Å². The smallest absolute Gasteiger partial charge is 0.119 e. The summed E-state index contributed by atoms with van der Waals surface area (Å²) < 4.78 is 15.7. The van der Waals surface area contributed by atoms with Crippen molar-refractivity contribution < 1.29 is 24.4 Å². The van der Waals surface area contributed by atoms with Crippen LogP contribution in [0.25, 0.3) is 0 Å². The molecule has 1 aromatic rings. The molecular formula is C16H27NO5. The Labute approximate surface area is 132 Å². The Kier molecular flexibility index (Phi) is 11.3. The minimum Gasteiger partial charge on any atom is -0.494 e. The fraction of sp³-hybridized carbons (Fsp3) is 0.625. The summed E-state index contributed by atoms with van der Waals surface area (Å²) in [6.45, 7) is 5.15. The van der Waals surface area contributed by atoms with Crippen LogP contribution in [0.4, 0.5) is 0 Å². The molecule has 0 saturated carbocycles. The van der Waals surface area contributed by atoms with Crippen molar-refractivity contribution in [2.75, 3.05) is 52.7 Å². The molecule has 0 radical (unpaired) electrons. The molecule has 3 N–H and O–H groups in total. The van der Waals surface area contributed by atoms with Crippen LogP contribution in [0.15, 0.2) is 24.3 Å². The SMILES string of the molecule is C1COCCN1.OCCCOc1ccc(OCCCO)cc1. The molecule has 1 heterocycles. The van der Waals surface area contributed by atoms with Gasteiger partial charge in [-0.05, 0) is 24.3 Å². The third-order valence-electron chi connectivity index (χ3n) is 2.81. The average Bonchev–Trinajstić information content (AvgIpc) is 2.59. The van der Waals surface area contributed by atoms with Gasteiger partial charge in [0.05, 0.1) is 26.4 Å². The molecule has 22 heavy (non-hydrogen) atoms. The van der Waals surface area contributed by atoms with Crippen LogP contribution >= 0.6 is 0 Å². The maximum absolute atomic E-state index is 8.59. The molecule has 1 aromatic carbocycles. The number of nitrogens with one attached hydrogen (secondary N) is 1. The highest BCUT2D eigenvalue weighted by atomic mass is 16.5. The van der Waals surface area contributed by atoms with Gasteiger partial charge in [0, 0.05) is 39.1 Å². The normalized spacial score (nSPS) is 13.9. The second-order valence-electron chi connectivity index (χ2n) is 4.69. The molecule has 1 fully saturated rings. The minimum absolute atomic E-state index is 0.141. The molecule has 6 nitrogen and oxygen atoms in total. The Morgan fingerprint density at radius 2 is 1.32 bits per heavy atom. The monoisotopic (exact) mass is 313 g/mol. The first kappa shape index (κ1) is 18.7. The molecule has 1 aliphatic rings. The van der Waals surface area contributed by atoms with E-state index < -0.39 is 0 Å². The predicted molar refractivity (Wildman–Crippen MR) is 84.5 cm³/mol. The molecule has 0 aromatic heterocycles. The van der Waals surface area contributed by atoms with E-state index in [9.17, 15) is 0 Å². The quantitative estimate of drug-likeness (QED) is 0.617. The van der Waals surface area contributed by atoms with Gasteiger partial charge in [0.25, 0.3) is 0 Å². The summed E-state index contributed by atoms with van der Waals surface area (Å²) in [7, 11) is 0. The first-order valence-electron chi connectivity index (χ1n) is 7.72. The average molecular weight is 313 g/mol. The first-order chi connectivity index (χ1) is 10.9. The van der Waals surface area contributed by atoms with E-state index in [1.54, 1.807) is 0 Å². The first-order valence-corrected chi connectivity index (χ1v) is 7.72. The molecule has 0 spiro atoms. The fourth-order valence-corrected chi connectivity index (χ4v) is 1.66. The molecule has 1 aliphatic heterocycles.